The van der Waals surface area contributed by atoms with Crippen LogP contribution >= 0.6 is 0 Å². The quantitative estimate of drug-likeness (QED) is 0.818. The second kappa shape index (κ2) is 5.21. The summed E-state index contributed by atoms with van der Waals surface area (Å²) in [6.45, 7) is 7.47. The number of carbonyl (C=O) groups is 2. The van der Waals surface area contributed by atoms with Gasteiger partial charge in [-0.1, -0.05) is 0 Å². The molecule has 0 saturated heterocycles. The number of nitrogens with one attached hydrogen (secondary N) is 1. The standard InChI is InChI=1S/C12H19NO4/c1-8(10(14)9-5-6-16-7-9)13-11(15)17-12(2,3)4/h7-8H,5-6H2,1-4H3,(H,13,15)/t8-/m0/s1. The summed E-state index contributed by atoms with van der Waals surface area (Å²) in [6.07, 6.45) is 1.47. The molecule has 17 heavy (non-hydrogen) atoms. The minimum absolute atomic E-state index is 0.131. The lowest BCUT2D eigenvalue weighted by atomic mass is 10.1. The third-order valence-electron chi connectivity index (χ3n) is 2.16. The molecule has 0 unspecified atom stereocenters. The largest absolute Gasteiger partial charge is 0.500 e. The first-order valence-corrected chi connectivity index (χ1v) is 5.64. The Morgan fingerprint density at radius 3 is 2.59 bits per heavy atom. The lowest BCUT2D eigenvalue weighted by Crippen LogP contribution is -2.42. The molecule has 0 aromatic heterocycles. The van der Waals surface area contributed by atoms with Crippen LogP contribution < -0.4 is 5.32 Å². The maximum atomic E-state index is 11.8. The number of ether oxygens (including phenoxy) is 2. The van der Waals surface area contributed by atoms with E-state index in [0.29, 0.717) is 18.6 Å². The Kier molecular flexibility index (Phi) is 4.15. The summed E-state index contributed by atoms with van der Waals surface area (Å²) in [5, 5.41) is 2.51. The van der Waals surface area contributed by atoms with E-state index in [0.717, 1.165) is 0 Å². The van der Waals surface area contributed by atoms with Gasteiger partial charge in [0.15, 0.2) is 5.78 Å². The molecule has 1 aliphatic rings. The van der Waals surface area contributed by atoms with Gasteiger partial charge < -0.3 is 14.8 Å². The van der Waals surface area contributed by atoms with E-state index < -0.39 is 17.7 Å². The summed E-state index contributed by atoms with van der Waals surface area (Å²) in [7, 11) is 0. The van der Waals surface area contributed by atoms with Gasteiger partial charge in [-0.2, -0.15) is 0 Å². The minimum atomic E-state index is -0.599. The van der Waals surface area contributed by atoms with E-state index in [1.807, 2.05) is 0 Å². The molecule has 5 heteroatoms. The van der Waals surface area contributed by atoms with Crippen molar-refractivity contribution in [1.29, 1.82) is 0 Å². The molecule has 5 nitrogen and oxygen atoms in total. The predicted octanol–water partition coefficient (Wildman–Crippen LogP) is 1.77. The molecule has 0 aromatic carbocycles. The Labute approximate surface area is 101 Å². The van der Waals surface area contributed by atoms with Gasteiger partial charge in [0, 0.05) is 12.0 Å². The van der Waals surface area contributed by atoms with E-state index in [1.54, 1.807) is 27.7 Å². The van der Waals surface area contributed by atoms with E-state index in [1.165, 1.54) is 6.26 Å². The van der Waals surface area contributed by atoms with Crippen molar-refractivity contribution in [2.45, 2.75) is 45.8 Å². The molecule has 1 heterocycles. The highest BCUT2D eigenvalue weighted by molar-refractivity contribution is 6.00. The van der Waals surface area contributed by atoms with Crippen LogP contribution in [0.4, 0.5) is 4.79 Å². The van der Waals surface area contributed by atoms with Crippen molar-refractivity contribution in [2.24, 2.45) is 0 Å². The highest BCUT2D eigenvalue weighted by atomic mass is 16.6. The van der Waals surface area contributed by atoms with Gasteiger partial charge in [-0.05, 0) is 27.7 Å². The van der Waals surface area contributed by atoms with Gasteiger partial charge >= 0.3 is 6.09 Å². The zero-order valence-electron chi connectivity index (χ0n) is 10.7. The van der Waals surface area contributed by atoms with E-state index in [9.17, 15) is 9.59 Å². The maximum Gasteiger partial charge on any atom is 0.408 e. The molecule has 1 N–H and O–H groups in total. The molecule has 0 saturated carbocycles. The predicted molar refractivity (Wildman–Crippen MR) is 62.5 cm³/mol. The van der Waals surface area contributed by atoms with Crippen molar-refractivity contribution in [3.05, 3.63) is 11.8 Å². The van der Waals surface area contributed by atoms with Crippen molar-refractivity contribution in [2.75, 3.05) is 6.61 Å². The van der Waals surface area contributed by atoms with Crippen LogP contribution in [0.5, 0.6) is 0 Å². The molecule has 0 fully saturated rings. The lowest BCUT2D eigenvalue weighted by molar-refractivity contribution is -0.117. The van der Waals surface area contributed by atoms with Gasteiger partial charge in [0.1, 0.15) is 5.60 Å². The summed E-state index contributed by atoms with van der Waals surface area (Å²) in [5.41, 5.74) is 0.0383. The number of Topliss-reactive ketones (excluding diaryl/α,β-unsaturated/α-hetero) is 1. The van der Waals surface area contributed by atoms with Crippen molar-refractivity contribution < 1.29 is 19.1 Å². The summed E-state index contributed by atoms with van der Waals surface area (Å²) in [4.78, 5) is 23.3. The van der Waals surface area contributed by atoms with Crippen LogP contribution in [0.15, 0.2) is 11.8 Å². The lowest BCUT2D eigenvalue weighted by Gasteiger charge is -2.21. The summed E-state index contributed by atoms with van der Waals surface area (Å²) < 4.78 is 10.1. The first-order chi connectivity index (χ1) is 7.79. The Hall–Kier alpha value is -1.52. The third kappa shape index (κ3) is 4.46. The number of alkyl carbamates (subject to hydrolysis) is 1. The fourth-order valence-electron chi connectivity index (χ4n) is 1.40. The van der Waals surface area contributed by atoms with E-state index in [4.69, 9.17) is 9.47 Å². The SMILES string of the molecule is C[C@H](NC(=O)OC(C)(C)C)C(=O)C1=COCC1. The maximum absolute atomic E-state index is 11.8. The third-order valence-corrected chi connectivity index (χ3v) is 2.16. The van der Waals surface area contributed by atoms with E-state index in [2.05, 4.69) is 5.32 Å². The second-order valence-corrected chi connectivity index (χ2v) is 5.00. The zero-order valence-corrected chi connectivity index (χ0v) is 10.7. The van der Waals surface area contributed by atoms with Gasteiger partial charge in [-0.3, -0.25) is 4.79 Å². The van der Waals surface area contributed by atoms with Crippen LogP contribution in [0.1, 0.15) is 34.1 Å². The highest BCUT2D eigenvalue weighted by Crippen LogP contribution is 2.13. The van der Waals surface area contributed by atoms with Crippen LogP contribution in [0.3, 0.4) is 0 Å². The van der Waals surface area contributed by atoms with Crippen molar-refractivity contribution >= 4 is 11.9 Å². The molecule has 1 rings (SSSR count). The number of hydrogen-bond acceptors (Lipinski definition) is 4. The Morgan fingerprint density at radius 1 is 1.47 bits per heavy atom. The monoisotopic (exact) mass is 241 g/mol. The Balaban J connectivity index is 2.46. The van der Waals surface area contributed by atoms with Crippen molar-refractivity contribution in [3.8, 4) is 0 Å². The molecule has 0 spiro atoms. The summed E-state index contributed by atoms with van der Waals surface area (Å²) in [5.74, 6) is -0.131. The molecule has 0 aliphatic carbocycles. The average Bonchev–Trinajstić information content (AvgIpc) is 2.65. The topological polar surface area (TPSA) is 64.6 Å². The molecule has 1 amide bonds. The van der Waals surface area contributed by atoms with Crippen LogP contribution in [0, 0.1) is 0 Å². The number of rotatable bonds is 3. The van der Waals surface area contributed by atoms with Crippen LogP contribution in [-0.4, -0.2) is 30.1 Å². The first kappa shape index (κ1) is 13.5. The Morgan fingerprint density at radius 2 is 2.12 bits per heavy atom. The van der Waals surface area contributed by atoms with Crippen molar-refractivity contribution in [1.82, 2.24) is 5.32 Å². The molecule has 0 bridgehead atoms. The summed E-state index contributed by atoms with van der Waals surface area (Å²) in [6, 6.07) is -0.599. The minimum Gasteiger partial charge on any atom is -0.500 e. The van der Waals surface area contributed by atoms with Gasteiger partial charge in [-0.25, -0.2) is 4.79 Å². The number of ketones is 1. The summed E-state index contributed by atoms with van der Waals surface area (Å²) >= 11 is 0. The first-order valence-electron chi connectivity index (χ1n) is 5.64. The fourth-order valence-corrected chi connectivity index (χ4v) is 1.40. The van der Waals surface area contributed by atoms with Gasteiger partial charge in [0.25, 0.3) is 0 Å². The van der Waals surface area contributed by atoms with Gasteiger partial charge in [0.2, 0.25) is 0 Å². The van der Waals surface area contributed by atoms with Crippen LogP contribution in [-0.2, 0) is 14.3 Å². The van der Waals surface area contributed by atoms with Gasteiger partial charge in [-0.15, -0.1) is 0 Å². The molecular weight excluding hydrogens is 222 g/mol. The van der Waals surface area contributed by atoms with Crippen molar-refractivity contribution in [3.63, 3.8) is 0 Å². The normalized spacial score (nSPS) is 16.8. The fraction of sp³-hybridized carbons (Fsp3) is 0.667. The molecule has 0 radical (unpaired) electrons. The number of carbonyl (C=O) groups excluding carboxylic acids is 2. The van der Waals surface area contributed by atoms with Crippen LogP contribution in [0.2, 0.25) is 0 Å². The Bertz CT molecular complexity index is 341. The van der Waals surface area contributed by atoms with Crippen LogP contribution in [0.25, 0.3) is 0 Å². The van der Waals surface area contributed by atoms with E-state index in [-0.39, 0.29) is 5.78 Å². The number of amides is 1. The molecular formula is C12H19NO4. The molecule has 1 aliphatic heterocycles. The molecule has 0 aromatic rings. The highest BCUT2D eigenvalue weighted by Gasteiger charge is 2.24. The molecule has 1 atom stereocenters. The smallest absolute Gasteiger partial charge is 0.408 e. The number of hydrogen-bond donors (Lipinski definition) is 1. The average molecular weight is 241 g/mol. The van der Waals surface area contributed by atoms with E-state index >= 15 is 0 Å². The second-order valence-electron chi connectivity index (χ2n) is 5.00. The molecule has 96 valence electrons. The van der Waals surface area contributed by atoms with Gasteiger partial charge in [0.05, 0.1) is 18.9 Å². The zero-order chi connectivity index (χ0) is 13.1.